The largest absolute Gasteiger partial charge is 0.378 e. The van der Waals surface area contributed by atoms with Crippen molar-refractivity contribution in [1.82, 2.24) is 0 Å². The van der Waals surface area contributed by atoms with Crippen LogP contribution >= 0.6 is 0 Å². The third-order valence-electron chi connectivity index (χ3n) is 4.14. The molecule has 1 fully saturated rings. The van der Waals surface area contributed by atoms with Crippen molar-refractivity contribution in [2.45, 2.75) is 51.6 Å². The van der Waals surface area contributed by atoms with Crippen LogP contribution in [0.4, 0.5) is 0 Å². The highest BCUT2D eigenvalue weighted by Crippen LogP contribution is 2.21. The van der Waals surface area contributed by atoms with Crippen LogP contribution in [0.3, 0.4) is 0 Å². The first-order valence-corrected chi connectivity index (χ1v) is 7.65. The first-order valence-electron chi connectivity index (χ1n) is 7.65. The van der Waals surface area contributed by atoms with E-state index in [1.165, 1.54) is 43.2 Å². The summed E-state index contributed by atoms with van der Waals surface area (Å²) in [7, 11) is 0. The lowest BCUT2D eigenvalue weighted by molar-refractivity contribution is 0.101. The van der Waals surface area contributed by atoms with Gasteiger partial charge in [0.1, 0.15) is 0 Å². The SMILES string of the molecule is Cc1ccc(CC(CN)CCCC2CCCO2)cc1. The Kier molecular flexibility index (Phi) is 5.87. The quantitative estimate of drug-likeness (QED) is 0.816. The molecule has 0 aliphatic carbocycles. The Hall–Kier alpha value is -0.860. The van der Waals surface area contributed by atoms with Crippen molar-refractivity contribution >= 4 is 0 Å². The van der Waals surface area contributed by atoms with Gasteiger partial charge in [0, 0.05) is 6.61 Å². The number of hydrogen-bond acceptors (Lipinski definition) is 2. The molecule has 1 aliphatic rings. The molecule has 2 rings (SSSR count). The van der Waals surface area contributed by atoms with Gasteiger partial charge in [-0.25, -0.2) is 0 Å². The summed E-state index contributed by atoms with van der Waals surface area (Å²) in [6.45, 7) is 3.89. The van der Waals surface area contributed by atoms with Gasteiger partial charge in [-0.2, -0.15) is 0 Å². The fourth-order valence-electron chi connectivity index (χ4n) is 2.87. The number of benzene rings is 1. The zero-order valence-corrected chi connectivity index (χ0v) is 12.1. The molecule has 106 valence electrons. The highest BCUT2D eigenvalue weighted by molar-refractivity contribution is 5.21. The predicted molar refractivity (Wildman–Crippen MR) is 80.3 cm³/mol. The zero-order chi connectivity index (χ0) is 13.5. The molecule has 0 amide bonds. The summed E-state index contributed by atoms with van der Waals surface area (Å²) >= 11 is 0. The van der Waals surface area contributed by atoms with E-state index in [9.17, 15) is 0 Å². The molecule has 0 spiro atoms. The average Bonchev–Trinajstić information content (AvgIpc) is 2.93. The summed E-state index contributed by atoms with van der Waals surface area (Å²) in [5.74, 6) is 0.615. The van der Waals surface area contributed by atoms with Crippen LogP contribution in [0, 0.1) is 12.8 Å². The van der Waals surface area contributed by atoms with E-state index >= 15 is 0 Å². The minimum Gasteiger partial charge on any atom is -0.378 e. The highest BCUT2D eigenvalue weighted by Gasteiger charge is 2.16. The summed E-state index contributed by atoms with van der Waals surface area (Å²) in [5.41, 5.74) is 8.65. The van der Waals surface area contributed by atoms with Crippen LogP contribution in [0.25, 0.3) is 0 Å². The predicted octanol–water partition coefficient (Wildman–Crippen LogP) is 3.46. The first kappa shape index (κ1) is 14.5. The topological polar surface area (TPSA) is 35.2 Å². The van der Waals surface area contributed by atoms with E-state index in [1.54, 1.807) is 0 Å². The third-order valence-corrected chi connectivity index (χ3v) is 4.14. The number of aryl methyl sites for hydroxylation is 1. The number of ether oxygens (including phenoxy) is 1. The molecule has 1 heterocycles. The standard InChI is InChI=1S/C17H27NO/c1-14-7-9-15(10-8-14)12-16(13-18)4-2-5-17-6-3-11-19-17/h7-10,16-17H,2-6,11-13,18H2,1H3. The Morgan fingerprint density at radius 1 is 1.32 bits per heavy atom. The minimum absolute atomic E-state index is 0.526. The second kappa shape index (κ2) is 7.66. The summed E-state index contributed by atoms with van der Waals surface area (Å²) < 4.78 is 5.67. The molecule has 0 radical (unpaired) electrons. The van der Waals surface area contributed by atoms with Crippen LogP contribution in [0.1, 0.15) is 43.2 Å². The van der Waals surface area contributed by atoms with Gasteiger partial charge in [0.2, 0.25) is 0 Å². The molecular weight excluding hydrogens is 234 g/mol. The van der Waals surface area contributed by atoms with Gasteiger partial charge in [0.05, 0.1) is 6.10 Å². The molecule has 1 aromatic carbocycles. The molecular formula is C17H27NO. The molecule has 0 saturated carbocycles. The van der Waals surface area contributed by atoms with Crippen LogP contribution in [0.2, 0.25) is 0 Å². The molecule has 1 aliphatic heterocycles. The van der Waals surface area contributed by atoms with Crippen LogP contribution in [-0.4, -0.2) is 19.3 Å². The van der Waals surface area contributed by atoms with Crippen molar-refractivity contribution in [2.75, 3.05) is 13.2 Å². The Labute approximate surface area is 117 Å². The molecule has 0 aromatic heterocycles. The van der Waals surface area contributed by atoms with E-state index < -0.39 is 0 Å². The molecule has 1 aromatic rings. The summed E-state index contributed by atoms with van der Waals surface area (Å²) in [5, 5.41) is 0. The van der Waals surface area contributed by atoms with Gasteiger partial charge in [0.15, 0.2) is 0 Å². The van der Waals surface area contributed by atoms with Crippen molar-refractivity contribution in [1.29, 1.82) is 0 Å². The van der Waals surface area contributed by atoms with Crippen LogP contribution in [-0.2, 0) is 11.2 Å². The van der Waals surface area contributed by atoms with Gasteiger partial charge in [-0.05, 0) is 57.1 Å². The van der Waals surface area contributed by atoms with Gasteiger partial charge in [0.25, 0.3) is 0 Å². The van der Waals surface area contributed by atoms with Gasteiger partial charge < -0.3 is 10.5 Å². The lowest BCUT2D eigenvalue weighted by Gasteiger charge is -2.16. The van der Waals surface area contributed by atoms with Crippen LogP contribution < -0.4 is 5.73 Å². The van der Waals surface area contributed by atoms with Gasteiger partial charge in [-0.1, -0.05) is 36.2 Å². The third kappa shape index (κ3) is 4.96. The van der Waals surface area contributed by atoms with Gasteiger partial charge in [-0.3, -0.25) is 0 Å². The molecule has 2 unspecified atom stereocenters. The van der Waals surface area contributed by atoms with E-state index in [4.69, 9.17) is 10.5 Å². The summed E-state index contributed by atoms with van der Waals surface area (Å²) in [6.07, 6.45) is 7.83. The monoisotopic (exact) mass is 261 g/mol. The van der Waals surface area contributed by atoms with Crippen LogP contribution in [0.5, 0.6) is 0 Å². The molecule has 19 heavy (non-hydrogen) atoms. The second-order valence-electron chi connectivity index (χ2n) is 5.86. The Bertz CT molecular complexity index is 354. The normalized spacial score (nSPS) is 20.6. The molecule has 1 saturated heterocycles. The maximum Gasteiger partial charge on any atom is 0.0576 e. The van der Waals surface area contributed by atoms with Crippen molar-refractivity contribution in [3.8, 4) is 0 Å². The maximum atomic E-state index is 5.91. The van der Waals surface area contributed by atoms with Crippen molar-refractivity contribution < 1.29 is 4.74 Å². The summed E-state index contributed by atoms with van der Waals surface area (Å²) in [6, 6.07) is 8.85. The fourth-order valence-corrected chi connectivity index (χ4v) is 2.87. The van der Waals surface area contributed by atoms with Crippen molar-refractivity contribution in [2.24, 2.45) is 11.7 Å². The number of nitrogens with two attached hydrogens (primary N) is 1. The van der Waals surface area contributed by atoms with Gasteiger partial charge >= 0.3 is 0 Å². The van der Waals surface area contributed by atoms with E-state index in [1.807, 2.05) is 0 Å². The minimum atomic E-state index is 0.526. The average molecular weight is 261 g/mol. The highest BCUT2D eigenvalue weighted by atomic mass is 16.5. The Morgan fingerprint density at radius 2 is 2.11 bits per heavy atom. The molecule has 2 N–H and O–H groups in total. The molecule has 2 atom stereocenters. The second-order valence-corrected chi connectivity index (χ2v) is 5.86. The van der Waals surface area contributed by atoms with Crippen molar-refractivity contribution in [3.05, 3.63) is 35.4 Å². The Morgan fingerprint density at radius 3 is 2.74 bits per heavy atom. The maximum absolute atomic E-state index is 5.91. The fraction of sp³-hybridized carbons (Fsp3) is 0.647. The first-order chi connectivity index (χ1) is 9.28. The lowest BCUT2D eigenvalue weighted by atomic mass is 9.93. The number of rotatable bonds is 7. The lowest BCUT2D eigenvalue weighted by Crippen LogP contribution is -2.17. The van der Waals surface area contributed by atoms with Crippen LogP contribution in [0.15, 0.2) is 24.3 Å². The van der Waals surface area contributed by atoms with Gasteiger partial charge in [-0.15, -0.1) is 0 Å². The van der Waals surface area contributed by atoms with Crippen molar-refractivity contribution in [3.63, 3.8) is 0 Å². The smallest absolute Gasteiger partial charge is 0.0576 e. The molecule has 2 heteroatoms. The Balaban J connectivity index is 1.71. The molecule has 2 nitrogen and oxygen atoms in total. The van der Waals surface area contributed by atoms with E-state index in [0.29, 0.717) is 12.0 Å². The van der Waals surface area contributed by atoms with E-state index in [0.717, 1.165) is 19.6 Å². The zero-order valence-electron chi connectivity index (χ0n) is 12.1. The summed E-state index contributed by atoms with van der Waals surface area (Å²) in [4.78, 5) is 0. The van der Waals surface area contributed by atoms with E-state index in [-0.39, 0.29) is 0 Å². The molecule has 0 bridgehead atoms. The number of hydrogen-bond donors (Lipinski definition) is 1. The van der Waals surface area contributed by atoms with E-state index in [2.05, 4.69) is 31.2 Å².